The monoisotopic (exact) mass is 506 g/mol. The van der Waals surface area contributed by atoms with Crippen molar-refractivity contribution in [3.8, 4) is 0 Å². The van der Waals surface area contributed by atoms with Crippen molar-refractivity contribution in [2.75, 3.05) is 0 Å². The molecule has 1 aromatic carbocycles. The number of hydrogen-bond acceptors (Lipinski definition) is 6. The van der Waals surface area contributed by atoms with Crippen molar-refractivity contribution in [3.63, 3.8) is 0 Å². The van der Waals surface area contributed by atoms with Crippen molar-refractivity contribution in [2.24, 2.45) is 10.7 Å². The predicted molar refractivity (Wildman–Crippen MR) is 124 cm³/mol. The van der Waals surface area contributed by atoms with Crippen molar-refractivity contribution in [3.05, 3.63) is 69.9 Å². The Morgan fingerprint density at radius 1 is 1.29 bits per heavy atom. The minimum Gasteiger partial charge on any atom is -0.386 e. The molecule has 7 nitrogen and oxygen atoms in total. The third-order valence-electron chi connectivity index (χ3n) is 6.81. The zero-order chi connectivity index (χ0) is 24.6. The number of nitrogens with zero attached hydrogens (tertiary/aromatic N) is 3. The number of ketones is 1. The lowest BCUT2D eigenvalue weighted by Gasteiger charge is -2.37. The third-order valence-corrected chi connectivity index (χ3v) is 9.74. The quantitative estimate of drug-likeness (QED) is 0.543. The Bertz CT molecular complexity index is 1510. The van der Waals surface area contributed by atoms with Crippen LogP contribution in [0.25, 0.3) is 5.65 Å². The first-order chi connectivity index (χ1) is 15.9. The van der Waals surface area contributed by atoms with Crippen LogP contribution in [-0.2, 0) is 21.8 Å². The number of fused-ring (bicyclic) bond motifs is 1. The number of nitrogens with two attached hydrogens (primary N) is 1. The Morgan fingerprint density at radius 3 is 2.68 bits per heavy atom. The summed E-state index contributed by atoms with van der Waals surface area (Å²) in [6.07, 6.45) is 1.88. The molecule has 0 bridgehead atoms. The van der Waals surface area contributed by atoms with E-state index in [4.69, 9.17) is 17.3 Å². The molecule has 2 N–H and O–H groups in total. The number of pyridine rings is 1. The molecule has 34 heavy (non-hydrogen) atoms. The molecular weight excluding hydrogens is 486 g/mol. The minimum atomic E-state index is -4.33. The largest absolute Gasteiger partial charge is 0.386 e. The molecular formula is C23H21ClF2N4O3S. The molecule has 1 fully saturated rings. The molecule has 5 rings (SSSR count). The average Bonchev–Trinajstić information content (AvgIpc) is 3.54. The second kappa shape index (κ2) is 7.32. The van der Waals surface area contributed by atoms with E-state index in [1.54, 1.807) is 29.7 Å². The van der Waals surface area contributed by atoms with Crippen molar-refractivity contribution in [1.82, 2.24) is 9.38 Å². The number of hydrogen-bond donors (Lipinski definition) is 1. The molecule has 0 saturated heterocycles. The summed E-state index contributed by atoms with van der Waals surface area (Å²) in [5.41, 5.74) is 2.85. The Kier molecular flexibility index (Phi) is 4.94. The molecule has 1 aliphatic carbocycles. The molecule has 1 spiro atoms. The number of alkyl halides is 1. The smallest absolute Gasteiger partial charge is 0.230 e. The van der Waals surface area contributed by atoms with Crippen molar-refractivity contribution < 1.29 is 22.0 Å². The average molecular weight is 507 g/mol. The number of rotatable bonds is 4. The van der Waals surface area contributed by atoms with E-state index < -0.39 is 31.4 Å². The van der Waals surface area contributed by atoms with Gasteiger partial charge in [0.05, 0.1) is 10.7 Å². The molecule has 3 aromatic rings. The summed E-state index contributed by atoms with van der Waals surface area (Å²) in [5, 5.41) is 0.486. The second-order valence-electron chi connectivity index (χ2n) is 9.04. The summed E-state index contributed by atoms with van der Waals surface area (Å²) in [6, 6.07) is 7.09. The van der Waals surface area contributed by atoms with Crippen LogP contribution >= 0.6 is 11.6 Å². The van der Waals surface area contributed by atoms with Gasteiger partial charge in [0.2, 0.25) is 5.50 Å². The number of benzene rings is 1. The fraction of sp³-hybridized carbons (Fsp3) is 0.348. The summed E-state index contributed by atoms with van der Waals surface area (Å²) >= 11 is 6.03. The molecule has 3 heterocycles. The van der Waals surface area contributed by atoms with E-state index in [-0.39, 0.29) is 42.1 Å². The lowest BCUT2D eigenvalue weighted by molar-refractivity contribution is 0.0988. The van der Waals surface area contributed by atoms with E-state index >= 15 is 4.39 Å². The highest BCUT2D eigenvalue weighted by Crippen LogP contribution is 2.53. The Morgan fingerprint density at radius 2 is 2.00 bits per heavy atom. The normalized spacial score (nSPS) is 24.9. The van der Waals surface area contributed by atoms with Crippen molar-refractivity contribution in [2.45, 2.75) is 48.9 Å². The molecule has 0 unspecified atom stereocenters. The van der Waals surface area contributed by atoms with Gasteiger partial charge in [-0.15, -0.1) is 0 Å². The van der Waals surface area contributed by atoms with Crippen LogP contribution in [0.4, 0.5) is 8.78 Å². The summed E-state index contributed by atoms with van der Waals surface area (Å²) in [5.74, 6) is -1.38. The Hall–Kier alpha value is -2.85. The number of sulfone groups is 1. The van der Waals surface area contributed by atoms with Crippen molar-refractivity contribution >= 4 is 38.7 Å². The van der Waals surface area contributed by atoms with Crippen LogP contribution in [0.15, 0.2) is 41.5 Å². The van der Waals surface area contributed by atoms with Gasteiger partial charge in [-0.1, -0.05) is 17.7 Å². The standard InChI is InChI=1S/C23H21ClF2N4O3S/c1-12-19(28-18-6-4-14(24)11-30(12)18)17(31)10-13-3-5-16(25)15(9-13)22(2)20(26)34(32,33)23(7-8-23)21(27)29-22/h3-6,9,11,20H,7-8,10H2,1-2H3,(H2,27,29)/t20-,22+/m0/s1. The molecule has 2 aromatic heterocycles. The molecule has 2 atom stereocenters. The number of halogens is 3. The summed E-state index contributed by atoms with van der Waals surface area (Å²) < 4.78 is 56.3. The van der Waals surface area contributed by atoms with Crippen LogP contribution in [0.3, 0.4) is 0 Å². The second-order valence-corrected chi connectivity index (χ2v) is 11.8. The zero-order valence-corrected chi connectivity index (χ0v) is 19.9. The number of aryl methyl sites for hydroxylation is 1. The van der Waals surface area contributed by atoms with Gasteiger partial charge < -0.3 is 10.1 Å². The minimum absolute atomic E-state index is 0.158. The maximum atomic E-state index is 15.4. The number of Topliss-reactive ketones (excluding diaryl/α,β-unsaturated/α-hetero) is 1. The van der Waals surface area contributed by atoms with Crippen LogP contribution in [0.5, 0.6) is 0 Å². The molecule has 1 saturated carbocycles. The van der Waals surface area contributed by atoms with Crippen LogP contribution in [0.2, 0.25) is 5.02 Å². The van der Waals surface area contributed by atoms with Crippen LogP contribution in [0.1, 0.15) is 47.1 Å². The van der Waals surface area contributed by atoms with Crippen molar-refractivity contribution in [1.29, 1.82) is 0 Å². The number of amidine groups is 1. The first kappa shape index (κ1) is 22.9. The van der Waals surface area contributed by atoms with E-state index in [2.05, 4.69) is 9.98 Å². The first-order valence-electron chi connectivity index (χ1n) is 10.6. The number of carbonyl (C=O) groups excluding carboxylic acids is 1. The highest BCUT2D eigenvalue weighted by Gasteiger charge is 2.67. The molecule has 2 aliphatic rings. The van der Waals surface area contributed by atoms with Crippen LogP contribution < -0.4 is 5.73 Å². The van der Waals surface area contributed by atoms with Gasteiger partial charge in [0.15, 0.2) is 15.6 Å². The third kappa shape index (κ3) is 3.11. The fourth-order valence-electron chi connectivity index (χ4n) is 4.63. The number of imidazole rings is 1. The van der Waals surface area contributed by atoms with Gasteiger partial charge in [0, 0.05) is 18.2 Å². The van der Waals surface area contributed by atoms with Gasteiger partial charge in [-0.3, -0.25) is 9.79 Å². The lowest BCUT2D eigenvalue weighted by atomic mass is 9.90. The van der Waals surface area contributed by atoms with Crippen LogP contribution in [-0.4, -0.2) is 39.7 Å². The molecule has 11 heteroatoms. The van der Waals surface area contributed by atoms with Gasteiger partial charge >= 0.3 is 0 Å². The lowest BCUT2D eigenvalue weighted by Crippen LogP contribution is -2.54. The molecule has 0 radical (unpaired) electrons. The maximum Gasteiger partial charge on any atom is 0.230 e. The summed E-state index contributed by atoms with van der Waals surface area (Å²) in [6.45, 7) is 2.93. The Labute approximate surface area is 199 Å². The Balaban J connectivity index is 1.52. The summed E-state index contributed by atoms with van der Waals surface area (Å²) in [4.78, 5) is 21.5. The van der Waals surface area contributed by atoms with Gasteiger partial charge in [-0.2, -0.15) is 0 Å². The number of carbonyl (C=O) groups is 1. The zero-order valence-electron chi connectivity index (χ0n) is 18.3. The molecule has 1 aliphatic heterocycles. The summed E-state index contributed by atoms with van der Waals surface area (Å²) in [7, 11) is -4.33. The number of aromatic nitrogens is 2. The maximum absolute atomic E-state index is 15.4. The molecule has 0 amide bonds. The van der Waals surface area contributed by atoms with E-state index in [1.807, 2.05) is 0 Å². The SMILES string of the molecule is Cc1c(C(=O)Cc2ccc(F)c([C@@]3(C)N=C(N)C4(CC4)S(=O)(=O)[C@@H]3F)c2)nc2ccc(Cl)cn12. The highest BCUT2D eigenvalue weighted by molar-refractivity contribution is 7.94. The van der Waals surface area contributed by atoms with E-state index in [1.165, 1.54) is 19.1 Å². The van der Waals surface area contributed by atoms with E-state index in [0.29, 0.717) is 21.9 Å². The number of aliphatic imine (C=N–C) groups is 1. The fourth-order valence-corrected chi connectivity index (χ4v) is 6.97. The van der Waals surface area contributed by atoms with Crippen LogP contribution in [0, 0.1) is 12.7 Å². The van der Waals surface area contributed by atoms with Gasteiger partial charge in [-0.25, -0.2) is 22.2 Å². The molecule has 178 valence electrons. The first-order valence-corrected chi connectivity index (χ1v) is 12.5. The van der Waals surface area contributed by atoms with Gasteiger partial charge in [-0.05, 0) is 56.5 Å². The van der Waals surface area contributed by atoms with E-state index in [9.17, 15) is 17.6 Å². The predicted octanol–water partition coefficient (Wildman–Crippen LogP) is 3.69. The topological polar surface area (TPSA) is 107 Å². The van der Waals surface area contributed by atoms with Gasteiger partial charge in [0.1, 0.15) is 33.3 Å². The highest BCUT2D eigenvalue weighted by atomic mass is 35.5. The van der Waals surface area contributed by atoms with E-state index in [0.717, 1.165) is 6.07 Å². The van der Waals surface area contributed by atoms with Gasteiger partial charge in [0.25, 0.3) is 0 Å².